The third kappa shape index (κ3) is 1.44. The van der Waals surface area contributed by atoms with Gasteiger partial charge in [-0.3, -0.25) is 0 Å². The summed E-state index contributed by atoms with van der Waals surface area (Å²) in [6.45, 7) is 3.37. The highest BCUT2D eigenvalue weighted by Gasteiger charge is 2.15. The fourth-order valence-electron chi connectivity index (χ4n) is 1.53. The molecule has 2 aromatic heterocycles. The van der Waals surface area contributed by atoms with Crippen LogP contribution in [0.5, 0.6) is 0 Å². The van der Waals surface area contributed by atoms with Crippen LogP contribution in [0.4, 0.5) is 4.39 Å². The summed E-state index contributed by atoms with van der Waals surface area (Å²) in [6.07, 6.45) is 0. The molecule has 0 aromatic carbocycles. The number of halogens is 1. The molecule has 0 saturated carbocycles. The van der Waals surface area contributed by atoms with Gasteiger partial charge in [-0.1, -0.05) is 0 Å². The van der Waals surface area contributed by atoms with E-state index in [1.165, 1.54) is 13.2 Å². The van der Waals surface area contributed by atoms with E-state index in [0.29, 0.717) is 22.3 Å². The molecule has 0 aliphatic heterocycles. The first-order valence-corrected chi connectivity index (χ1v) is 4.78. The van der Waals surface area contributed by atoms with E-state index < -0.39 is 5.97 Å². The number of pyridine rings is 1. The molecule has 0 atom stereocenters. The van der Waals surface area contributed by atoms with Crippen LogP contribution in [0.1, 0.15) is 21.7 Å². The summed E-state index contributed by atoms with van der Waals surface area (Å²) < 4.78 is 18.4. The Morgan fingerprint density at radius 1 is 1.50 bits per heavy atom. The van der Waals surface area contributed by atoms with Crippen molar-refractivity contribution in [3.63, 3.8) is 0 Å². The van der Waals surface area contributed by atoms with Gasteiger partial charge in [-0.05, 0) is 19.9 Å². The van der Waals surface area contributed by atoms with Gasteiger partial charge in [0.25, 0.3) is 0 Å². The van der Waals surface area contributed by atoms with Crippen LogP contribution < -0.4 is 0 Å². The number of methoxy groups -OCH3 is 1. The Balaban J connectivity index is 2.71. The van der Waals surface area contributed by atoms with Crippen molar-refractivity contribution < 1.29 is 13.9 Å². The monoisotopic (exact) mass is 222 g/mol. The zero-order valence-electron chi connectivity index (χ0n) is 9.22. The van der Waals surface area contributed by atoms with Gasteiger partial charge in [-0.15, -0.1) is 0 Å². The van der Waals surface area contributed by atoms with Crippen LogP contribution in [0.2, 0.25) is 0 Å². The molecule has 0 aliphatic rings. The van der Waals surface area contributed by atoms with Crippen molar-refractivity contribution in [2.24, 2.45) is 0 Å². The van der Waals surface area contributed by atoms with E-state index in [4.69, 9.17) is 0 Å². The van der Waals surface area contributed by atoms with Crippen LogP contribution >= 0.6 is 0 Å². The summed E-state index contributed by atoms with van der Waals surface area (Å²) >= 11 is 0. The minimum absolute atomic E-state index is 0.203. The van der Waals surface area contributed by atoms with E-state index in [1.54, 1.807) is 13.8 Å². The molecule has 2 aromatic rings. The lowest BCUT2D eigenvalue weighted by Gasteiger charge is -2.00. The highest BCUT2D eigenvalue weighted by molar-refractivity contribution is 5.94. The van der Waals surface area contributed by atoms with Gasteiger partial charge in [0, 0.05) is 11.3 Å². The zero-order chi connectivity index (χ0) is 11.9. The minimum atomic E-state index is -0.535. The number of rotatable bonds is 1. The van der Waals surface area contributed by atoms with Crippen molar-refractivity contribution >= 4 is 17.0 Å². The number of aromatic amines is 1. The van der Waals surface area contributed by atoms with E-state index >= 15 is 0 Å². The standard InChI is InChI=1S/C11H11FN2O2/c1-5-6(2)13-10-7(9(5)12)4-8(14-10)11(15)16-3/h4H,1-3H3,(H,13,14). The average Bonchev–Trinajstić information content (AvgIpc) is 2.69. The number of aromatic nitrogens is 2. The molecule has 0 bridgehead atoms. The Bertz CT molecular complexity index is 575. The van der Waals surface area contributed by atoms with E-state index in [0.717, 1.165) is 0 Å². The summed E-state index contributed by atoms with van der Waals surface area (Å²) in [6, 6.07) is 1.41. The molecule has 4 nitrogen and oxygen atoms in total. The first-order valence-electron chi connectivity index (χ1n) is 4.78. The molecular formula is C11H11FN2O2. The number of fused-ring (bicyclic) bond motifs is 1. The van der Waals surface area contributed by atoms with Crippen LogP contribution in [0.15, 0.2) is 6.07 Å². The SMILES string of the molecule is COC(=O)c1cc2c(F)c(C)c(C)nc2[nH]1. The van der Waals surface area contributed by atoms with E-state index in [2.05, 4.69) is 14.7 Å². The molecule has 1 N–H and O–H groups in total. The zero-order valence-corrected chi connectivity index (χ0v) is 9.22. The second-order valence-electron chi connectivity index (χ2n) is 3.57. The van der Waals surface area contributed by atoms with E-state index in [1.807, 2.05) is 0 Å². The second kappa shape index (κ2) is 3.59. The fourth-order valence-corrected chi connectivity index (χ4v) is 1.53. The molecule has 84 valence electrons. The Morgan fingerprint density at radius 3 is 2.81 bits per heavy atom. The second-order valence-corrected chi connectivity index (χ2v) is 3.57. The van der Waals surface area contributed by atoms with Gasteiger partial charge in [0.1, 0.15) is 17.2 Å². The van der Waals surface area contributed by atoms with Crippen molar-refractivity contribution in [2.45, 2.75) is 13.8 Å². The molecule has 16 heavy (non-hydrogen) atoms. The maximum absolute atomic E-state index is 13.8. The summed E-state index contributed by atoms with van der Waals surface area (Å²) in [5.41, 5.74) is 1.65. The fraction of sp³-hybridized carbons (Fsp3) is 0.273. The Hall–Kier alpha value is -1.91. The number of ether oxygens (including phenoxy) is 1. The molecule has 0 radical (unpaired) electrons. The van der Waals surface area contributed by atoms with Gasteiger partial charge >= 0.3 is 5.97 Å². The molecule has 0 fully saturated rings. The molecule has 5 heteroatoms. The van der Waals surface area contributed by atoms with Crippen molar-refractivity contribution in [3.8, 4) is 0 Å². The average molecular weight is 222 g/mol. The lowest BCUT2D eigenvalue weighted by Crippen LogP contribution is -2.00. The number of esters is 1. The number of carbonyl (C=O) groups is 1. The van der Waals surface area contributed by atoms with Gasteiger partial charge in [0.05, 0.1) is 12.5 Å². The molecule has 0 spiro atoms. The molecule has 0 saturated heterocycles. The smallest absolute Gasteiger partial charge is 0.354 e. The lowest BCUT2D eigenvalue weighted by molar-refractivity contribution is 0.0595. The number of aryl methyl sites for hydroxylation is 1. The molecule has 0 unspecified atom stereocenters. The normalized spacial score (nSPS) is 10.8. The highest BCUT2D eigenvalue weighted by Crippen LogP contribution is 2.22. The van der Waals surface area contributed by atoms with Crippen LogP contribution in [0.25, 0.3) is 11.0 Å². The van der Waals surface area contributed by atoms with Crippen molar-refractivity contribution in [2.75, 3.05) is 7.11 Å². The van der Waals surface area contributed by atoms with Crippen molar-refractivity contribution in [1.29, 1.82) is 0 Å². The molecule has 0 amide bonds. The minimum Gasteiger partial charge on any atom is -0.464 e. The summed E-state index contributed by atoms with van der Waals surface area (Å²) in [5.74, 6) is -0.887. The topological polar surface area (TPSA) is 55.0 Å². The molecular weight excluding hydrogens is 211 g/mol. The van der Waals surface area contributed by atoms with Crippen LogP contribution in [-0.4, -0.2) is 23.0 Å². The Labute approximate surface area is 91.4 Å². The predicted octanol–water partition coefficient (Wildman–Crippen LogP) is 2.11. The quantitative estimate of drug-likeness (QED) is 0.752. The van der Waals surface area contributed by atoms with Crippen LogP contribution in [0.3, 0.4) is 0 Å². The maximum atomic E-state index is 13.8. The number of nitrogens with zero attached hydrogens (tertiary/aromatic N) is 1. The van der Waals surface area contributed by atoms with Crippen LogP contribution in [-0.2, 0) is 4.74 Å². The van der Waals surface area contributed by atoms with E-state index in [-0.39, 0.29) is 11.5 Å². The number of carbonyl (C=O) groups excluding carboxylic acids is 1. The number of hydrogen-bond acceptors (Lipinski definition) is 3. The van der Waals surface area contributed by atoms with Gasteiger partial charge in [-0.2, -0.15) is 0 Å². The summed E-state index contributed by atoms with van der Waals surface area (Å²) in [7, 11) is 1.27. The van der Waals surface area contributed by atoms with Crippen molar-refractivity contribution in [1.82, 2.24) is 9.97 Å². The number of nitrogens with one attached hydrogen (secondary N) is 1. The maximum Gasteiger partial charge on any atom is 0.354 e. The first kappa shape index (κ1) is 10.6. The third-order valence-corrected chi connectivity index (χ3v) is 2.59. The van der Waals surface area contributed by atoms with Gasteiger partial charge in [0.2, 0.25) is 0 Å². The number of hydrogen-bond donors (Lipinski definition) is 1. The lowest BCUT2D eigenvalue weighted by atomic mass is 10.2. The number of H-pyrrole nitrogens is 1. The summed E-state index contributed by atoms with van der Waals surface area (Å²) in [5, 5.41) is 0.309. The Kier molecular flexibility index (Phi) is 2.38. The van der Waals surface area contributed by atoms with Gasteiger partial charge in [-0.25, -0.2) is 14.2 Å². The van der Waals surface area contributed by atoms with E-state index in [9.17, 15) is 9.18 Å². The predicted molar refractivity (Wildman–Crippen MR) is 56.9 cm³/mol. The van der Waals surface area contributed by atoms with Gasteiger partial charge in [0.15, 0.2) is 0 Å². The molecule has 2 rings (SSSR count). The highest BCUT2D eigenvalue weighted by atomic mass is 19.1. The summed E-state index contributed by atoms with van der Waals surface area (Å²) in [4.78, 5) is 18.2. The van der Waals surface area contributed by atoms with Gasteiger partial charge < -0.3 is 9.72 Å². The van der Waals surface area contributed by atoms with Crippen molar-refractivity contribution in [3.05, 3.63) is 28.8 Å². The molecule has 0 aliphatic carbocycles. The molecule has 2 heterocycles. The largest absolute Gasteiger partial charge is 0.464 e. The van der Waals surface area contributed by atoms with Crippen LogP contribution in [0, 0.1) is 19.7 Å². The Morgan fingerprint density at radius 2 is 2.19 bits per heavy atom. The first-order chi connectivity index (χ1) is 7.54. The third-order valence-electron chi connectivity index (χ3n) is 2.59.